The number of rotatable bonds is 2. The Hall–Kier alpha value is -1.39. The molecule has 0 saturated heterocycles. The average Bonchev–Trinajstić information content (AvgIpc) is 2.26. The van der Waals surface area contributed by atoms with E-state index in [0.29, 0.717) is 5.92 Å². The van der Waals surface area contributed by atoms with Crippen LogP contribution in [0.5, 0.6) is 0 Å². The van der Waals surface area contributed by atoms with Crippen molar-refractivity contribution < 1.29 is 8.78 Å². The largest absolute Gasteiger partial charge is 0.381 e. The van der Waals surface area contributed by atoms with Gasteiger partial charge in [-0.25, -0.2) is 13.8 Å². The fourth-order valence-corrected chi connectivity index (χ4v) is 2.34. The maximum atomic E-state index is 13.5. The smallest absolute Gasteiger partial charge is 0.168 e. The molecule has 1 aliphatic carbocycles. The van der Waals surface area contributed by atoms with Gasteiger partial charge in [0.2, 0.25) is 0 Å². The molecule has 0 aromatic carbocycles. The first-order chi connectivity index (χ1) is 8.06. The van der Waals surface area contributed by atoms with Gasteiger partial charge in [-0.15, -0.1) is 0 Å². The normalized spacial score (nSPS) is 24.6. The molecule has 3 nitrogen and oxygen atoms in total. The van der Waals surface area contributed by atoms with E-state index >= 15 is 0 Å². The van der Waals surface area contributed by atoms with Gasteiger partial charge in [0.1, 0.15) is 0 Å². The number of nitrogens with two attached hydrogens (primary N) is 1. The highest BCUT2D eigenvalue weighted by Crippen LogP contribution is 2.27. The van der Waals surface area contributed by atoms with Gasteiger partial charge in [-0.05, 0) is 18.8 Å². The molecule has 5 heteroatoms. The number of hydrogen-bond acceptors (Lipinski definition) is 3. The third-order valence-electron chi connectivity index (χ3n) is 3.23. The number of nitrogens with zero attached hydrogens (tertiary/aromatic N) is 1. The van der Waals surface area contributed by atoms with Gasteiger partial charge in [-0.3, -0.25) is 0 Å². The predicted octanol–water partition coefficient (Wildman–Crippen LogP) is 2.93. The van der Waals surface area contributed by atoms with Gasteiger partial charge >= 0.3 is 0 Å². The van der Waals surface area contributed by atoms with Gasteiger partial charge < -0.3 is 11.1 Å². The van der Waals surface area contributed by atoms with Crippen LogP contribution >= 0.6 is 0 Å². The topological polar surface area (TPSA) is 50.9 Å². The number of aromatic nitrogens is 1. The molecular formula is C12H17F2N3. The van der Waals surface area contributed by atoms with Crippen LogP contribution in [0.2, 0.25) is 0 Å². The summed E-state index contributed by atoms with van der Waals surface area (Å²) < 4.78 is 26.4. The van der Waals surface area contributed by atoms with Gasteiger partial charge in [-0.1, -0.05) is 19.8 Å². The number of nitrogens with one attached hydrogen (secondary N) is 1. The highest BCUT2D eigenvalue weighted by molar-refractivity contribution is 5.45. The Labute approximate surface area is 99.4 Å². The molecule has 1 aromatic heterocycles. The molecular weight excluding hydrogens is 224 g/mol. The fraction of sp³-hybridized carbons (Fsp3) is 0.583. The summed E-state index contributed by atoms with van der Waals surface area (Å²) in [6.45, 7) is 2.18. The number of halogens is 2. The van der Waals surface area contributed by atoms with Gasteiger partial charge in [-0.2, -0.15) is 0 Å². The zero-order valence-electron chi connectivity index (χ0n) is 9.84. The number of pyridine rings is 1. The molecule has 0 radical (unpaired) electrons. The molecule has 94 valence electrons. The first-order valence-corrected chi connectivity index (χ1v) is 5.94. The van der Waals surface area contributed by atoms with E-state index in [1.807, 2.05) is 0 Å². The lowest BCUT2D eigenvalue weighted by Crippen LogP contribution is -2.27. The van der Waals surface area contributed by atoms with E-state index in [9.17, 15) is 8.78 Å². The number of hydrogen-bond donors (Lipinski definition) is 2. The van der Waals surface area contributed by atoms with Crippen LogP contribution in [-0.2, 0) is 0 Å². The van der Waals surface area contributed by atoms with Crippen LogP contribution < -0.4 is 11.1 Å². The van der Waals surface area contributed by atoms with Crippen molar-refractivity contribution >= 4 is 11.6 Å². The van der Waals surface area contributed by atoms with Crippen molar-refractivity contribution in [2.75, 3.05) is 11.1 Å². The molecule has 0 spiro atoms. The third kappa shape index (κ3) is 2.84. The van der Waals surface area contributed by atoms with Crippen molar-refractivity contribution in [1.82, 2.24) is 4.98 Å². The minimum absolute atomic E-state index is 0.0583. The van der Waals surface area contributed by atoms with Crippen LogP contribution in [0.25, 0.3) is 0 Å². The van der Waals surface area contributed by atoms with Crippen LogP contribution in [0.4, 0.5) is 20.4 Å². The lowest BCUT2D eigenvalue weighted by Gasteiger charge is -2.28. The summed E-state index contributed by atoms with van der Waals surface area (Å²) in [7, 11) is 0. The average molecular weight is 241 g/mol. The predicted molar refractivity (Wildman–Crippen MR) is 63.6 cm³/mol. The molecule has 1 heterocycles. The van der Waals surface area contributed by atoms with Crippen LogP contribution in [-0.4, -0.2) is 11.0 Å². The Morgan fingerprint density at radius 3 is 2.82 bits per heavy atom. The third-order valence-corrected chi connectivity index (χ3v) is 3.23. The van der Waals surface area contributed by atoms with Gasteiger partial charge in [0.05, 0.1) is 0 Å². The zero-order chi connectivity index (χ0) is 12.4. The first kappa shape index (κ1) is 12.1. The van der Waals surface area contributed by atoms with E-state index in [1.165, 1.54) is 6.42 Å². The second kappa shape index (κ2) is 4.85. The van der Waals surface area contributed by atoms with E-state index in [2.05, 4.69) is 17.2 Å². The van der Waals surface area contributed by atoms with Gasteiger partial charge in [0.25, 0.3) is 0 Å². The highest BCUT2D eigenvalue weighted by atomic mass is 19.1. The molecule has 17 heavy (non-hydrogen) atoms. The molecule has 2 rings (SSSR count). The molecule has 2 unspecified atom stereocenters. The molecule has 1 saturated carbocycles. The Balaban J connectivity index is 2.10. The van der Waals surface area contributed by atoms with Crippen molar-refractivity contribution in [3.63, 3.8) is 0 Å². The molecule has 1 fully saturated rings. The maximum Gasteiger partial charge on any atom is 0.168 e. The van der Waals surface area contributed by atoms with Crippen LogP contribution in [0.15, 0.2) is 6.07 Å². The van der Waals surface area contributed by atoms with Crippen molar-refractivity contribution in [3.05, 3.63) is 17.7 Å². The maximum absolute atomic E-state index is 13.5. The quantitative estimate of drug-likeness (QED) is 0.837. The standard InChI is InChI=1S/C12H17F2N3/c1-7-3-2-4-8(5-7)16-12-10(14)6-9(13)11(15)17-12/h6-8H,2-5H2,1H3,(H3,15,16,17). The monoisotopic (exact) mass is 241 g/mol. The summed E-state index contributed by atoms with van der Waals surface area (Å²) in [6.07, 6.45) is 4.30. The van der Waals surface area contributed by atoms with E-state index in [4.69, 9.17) is 5.73 Å². The first-order valence-electron chi connectivity index (χ1n) is 5.94. The van der Waals surface area contributed by atoms with E-state index in [1.54, 1.807) is 0 Å². The summed E-state index contributed by atoms with van der Waals surface area (Å²) in [6, 6.07) is 0.974. The Kier molecular flexibility index (Phi) is 3.45. The van der Waals surface area contributed by atoms with E-state index in [-0.39, 0.29) is 17.7 Å². The van der Waals surface area contributed by atoms with Crippen molar-refractivity contribution in [3.8, 4) is 0 Å². The molecule has 0 aliphatic heterocycles. The molecule has 3 N–H and O–H groups in total. The summed E-state index contributed by atoms with van der Waals surface area (Å²) >= 11 is 0. The zero-order valence-corrected chi connectivity index (χ0v) is 9.84. The molecule has 0 amide bonds. The van der Waals surface area contributed by atoms with Gasteiger partial charge in [0.15, 0.2) is 23.3 Å². The van der Waals surface area contributed by atoms with E-state index < -0.39 is 11.6 Å². The molecule has 2 atom stereocenters. The summed E-state index contributed by atoms with van der Waals surface area (Å²) in [5, 5.41) is 3.01. The Bertz CT molecular complexity index is 409. The van der Waals surface area contributed by atoms with Crippen LogP contribution in [0, 0.1) is 17.6 Å². The Morgan fingerprint density at radius 2 is 2.12 bits per heavy atom. The second-order valence-electron chi connectivity index (χ2n) is 4.80. The minimum Gasteiger partial charge on any atom is -0.381 e. The summed E-state index contributed by atoms with van der Waals surface area (Å²) in [5.74, 6) is -1.08. The Morgan fingerprint density at radius 1 is 1.35 bits per heavy atom. The van der Waals surface area contributed by atoms with Crippen molar-refractivity contribution in [2.24, 2.45) is 5.92 Å². The fourth-order valence-electron chi connectivity index (χ4n) is 2.34. The lowest BCUT2D eigenvalue weighted by atomic mass is 9.87. The minimum atomic E-state index is -0.815. The number of anilines is 2. The SMILES string of the molecule is CC1CCCC(Nc2nc(N)c(F)cc2F)C1. The lowest BCUT2D eigenvalue weighted by molar-refractivity contribution is 0.357. The van der Waals surface area contributed by atoms with Crippen LogP contribution in [0.3, 0.4) is 0 Å². The molecule has 1 aromatic rings. The summed E-state index contributed by atoms with van der Waals surface area (Å²) in [5.41, 5.74) is 5.33. The molecule has 1 aliphatic rings. The summed E-state index contributed by atoms with van der Waals surface area (Å²) in [4.78, 5) is 3.71. The van der Waals surface area contributed by atoms with Gasteiger partial charge in [0, 0.05) is 12.1 Å². The van der Waals surface area contributed by atoms with Crippen molar-refractivity contribution in [2.45, 2.75) is 38.6 Å². The second-order valence-corrected chi connectivity index (χ2v) is 4.80. The van der Waals surface area contributed by atoms with E-state index in [0.717, 1.165) is 25.3 Å². The number of nitrogen functional groups attached to an aromatic ring is 1. The molecule has 0 bridgehead atoms. The highest BCUT2D eigenvalue weighted by Gasteiger charge is 2.20. The van der Waals surface area contributed by atoms with Crippen molar-refractivity contribution in [1.29, 1.82) is 0 Å². The van der Waals surface area contributed by atoms with Crippen LogP contribution in [0.1, 0.15) is 32.6 Å².